The molecule has 176 valence electrons. The van der Waals surface area contributed by atoms with E-state index in [0.29, 0.717) is 42.9 Å². The third-order valence-corrected chi connectivity index (χ3v) is 6.80. The average Bonchev–Trinajstić information content (AvgIpc) is 3.40. The second-order valence-corrected chi connectivity index (χ2v) is 8.94. The second-order valence-electron chi connectivity index (χ2n) is 8.02. The highest BCUT2D eigenvalue weighted by atomic mass is 32.1. The fourth-order valence-electron chi connectivity index (χ4n) is 4.11. The minimum atomic E-state index is -0.227. The van der Waals surface area contributed by atoms with E-state index >= 15 is 0 Å². The Hall–Kier alpha value is -3.11. The molecule has 2 aliphatic rings. The summed E-state index contributed by atoms with van der Waals surface area (Å²) in [4.78, 5) is 28.4. The highest BCUT2D eigenvalue weighted by Crippen LogP contribution is 2.29. The zero-order chi connectivity index (χ0) is 23.3. The van der Waals surface area contributed by atoms with Crippen molar-refractivity contribution in [3.8, 4) is 11.1 Å². The Bertz CT molecular complexity index is 1330. The molecule has 0 aliphatic carbocycles. The van der Waals surface area contributed by atoms with E-state index < -0.39 is 0 Å². The molecular weight excluding hydrogens is 452 g/mol. The van der Waals surface area contributed by atoms with Crippen molar-refractivity contribution < 1.29 is 14.3 Å². The predicted octanol–water partition coefficient (Wildman–Crippen LogP) is 2.65. The van der Waals surface area contributed by atoms with Gasteiger partial charge in [-0.05, 0) is 23.1 Å². The maximum absolute atomic E-state index is 13.4. The molecule has 1 aromatic carbocycles. The van der Waals surface area contributed by atoms with Crippen molar-refractivity contribution in [1.82, 2.24) is 19.8 Å². The summed E-state index contributed by atoms with van der Waals surface area (Å²) in [5.41, 5.74) is 2.09. The molecule has 0 spiro atoms. The highest BCUT2D eigenvalue weighted by Gasteiger charge is 2.24. The molecule has 6 rings (SSSR count). The number of carbonyl (C=O) groups excluding carboxylic acids is 1. The Morgan fingerprint density at radius 3 is 2.41 bits per heavy atom. The van der Waals surface area contributed by atoms with E-state index in [0.717, 1.165) is 42.0 Å². The third-order valence-electron chi connectivity index (χ3n) is 5.86. The van der Waals surface area contributed by atoms with Crippen LogP contribution in [0, 0.1) is 0 Å². The average molecular weight is 479 g/mol. The van der Waals surface area contributed by atoms with Crippen LogP contribution in [0.2, 0.25) is 0 Å². The topological polar surface area (TPSA) is 85.2 Å². The van der Waals surface area contributed by atoms with Crippen LogP contribution in [0.3, 0.4) is 0 Å². The lowest BCUT2D eigenvalue weighted by Crippen LogP contribution is -2.41. The Labute approximate surface area is 200 Å². The number of benzene rings is 1. The molecule has 0 unspecified atom stereocenters. The molecule has 2 aliphatic heterocycles. The Morgan fingerprint density at radius 1 is 1.00 bits per heavy atom. The van der Waals surface area contributed by atoms with Gasteiger partial charge < -0.3 is 19.7 Å². The smallest absolute Gasteiger partial charge is 0.279 e. The highest BCUT2D eigenvalue weighted by molar-refractivity contribution is 7.18. The van der Waals surface area contributed by atoms with Gasteiger partial charge in [-0.2, -0.15) is 9.61 Å². The number of ether oxygens (including phenoxy) is 2. The molecule has 1 amide bonds. The monoisotopic (exact) mass is 478 g/mol. The molecule has 3 aromatic heterocycles. The summed E-state index contributed by atoms with van der Waals surface area (Å²) in [5, 5.41) is 10.4. The first-order valence-corrected chi connectivity index (χ1v) is 12.2. The number of aromatic nitrogens is 2. The molecule has 2 saturated heterocycles. The summed E-state index contributed by atoms with van der Waals surface area (Å²) in [6.07, 6.45) is 1.68. The van der Waals surface area contributed by atoms with E-state index in [4.69, 9.17) is 9.47 Å². The van der Waals surface area contributed by atoms with E-state index in [2.05, 4.69) is 10.4 Å². The van der Waals surface area contributed by atoms with Crippen LogP contribution in [-0.4, -0.2) is 73.0 Å². The van der Waals surface area contributed by atoms with Crippen LogP contribution in [0.4, 0.5) is 0 Å². The van der Waals surface area contributed by atoms with Crippen LogP contribution in [0.1, 0.15) is 10.4 Å². The summed E-state index contributed by atoms with van der Waals surface area (Å²) in [7, 11) is 0. The molecule has 34 heavy (non-hydrogen) atoms. The molecule has 9 heteroatoms. The van der Waals surface area contributed by atoms with Gasteiger partial charge in [0.2, 0.25) is 0 Å². The van der Waals surface area contributed by atoms with E-state index in [-0.39, 0.29) is 11.5 Å². The summed E-state index contributed by atoms with van der Waals surface area (Å²) >= 11 is 1.51. The van der Waals surface area contributed by atoms with Gasteiger partial charge in [0.25, 0.3) is 11.5 Å². The molecular formula is C25H26N4O4S. The van der Waals surface area contributed by atoms with Crippen molar-refractivity contribution in [2.24, 2.45) is 0 Å². The van der Waals surface area contributed by atoms with Crippen LogP contribution in [-0.2, 0) is 9.47 Å². The number of thiophene rings is 1. The van der Waals surface area contributed by atoms with Crippen LogP contribution in [0.25, 0.3) is 26.7 Å². The number of morpholine rings is 2. The number of hydrogen-bond donors (Lipinski definition) is 1. The molecule has 8 nitrogen and oxygen atoms in total. The van der Waals surface area contributed by atoms with Gasteiger partial charge in [-0.25, -0.2) is 0 Å². The van der Waals surface area contributed by atoms with Crippen molar-refractivity contribution in [2.45, 2.75) is 0 Å². The molecule has 4 aromatic rings. The summed E-state index contributed by atoms with van der Waals surface area (Å²) < 4.78 is 12.7. The minimum Gasteiger partial charge on any atom is -0.379 e. The Kier molecular flexibility index (Phi) is 6.96. The van der Waals surface area contributed by atoms with Crippen molar-refractivity contribution in [3.05, 3.63) is 70.0 Å². The molecule has 5 heterocycles. The first-order valence-electron chi connectivity index (χ1n) is 11.4. The number of amides is 1. The number of hydrogen-bond acceptors (Lipinski definition) is 7. The zero-order valence-corrected chi connectivity index (χ0v) is 19.6. The molecule has 0 atom stereocenters. The van der Waals surface area contributed by atoms with Crippen molar-refractivity contribution in [3.63, 3.8) is 0 Å². The van der Waals surface area contributed by atoms with Crippen LogP contribution >= 0.6 is 11.3 Å². The fraction of sp³-hybridized carbons (Fsp3) is 0.320. The van der Waals surface area contributed by atoms with Gasteiger partial charge in [-0.15, -0.1) is 11.3 Å². The maximum atomic E-state index is 13.4. The standard InChI is InChI=1S/C21H17N3O3S.C4H9NO/c25-20(23-7-9-27-10-8-23)17-12-16(14-4-2-1-3-5-14)21(26)24-18(17)19-15(13-22-24)6-11-28-19;1-3-6-4-2-5-1/h1-6,11-13H,7-10H2;5H,1-4H2. The Morgan fingerprint density at radius 2 is 1.74 bits per heavy atom. The summed E-state index contributed by atoms with van der Waals surface area (Å²) in [6, 6.07) is 13.1. The van der Waals surface area contributed by atoms with Crippen molar-refractivity contribution >= 4 is 32.8 Å². The van der Waals surface area contributed by atoms with E-state index in [9.17, 15) is 9.59 Å². The van der Waals surface area contributed by atoms with E-state index in [1.54, 1.807) is 17.2 Å². The molecule has 0 saturated carbocycles. The van der Waals surface area contributed by atoms with Crippen LogP contribution in [0.5, 0.6) is 0 Å². The molecule has 1 N–H and O–H groups in total. The van der Waals surface area contributed by atoms with Crippen molar-refractivity contribution in [2.75, 3.05) is 52.6 Å². The van der Waals surface area contributed by atoms with Gasteiger partial charge in [0, 0.05) is 37.1 Å². The quantitative estimate of drug-likeness (QED) is 0.477. The fourth-order valence-corrected chi connectivity index (χ4v) is 5.02. The SMILES string of the molecule is C1COCCN1.O=C(c1cc(-c2ccccc2)c(=O)n2ncc3ccsc3c12)N1CCOCC1. The number of carbonyl (C=O) groups is 1. The van der Waals surface area contributed by atoms with Gasteiger partial charge in [-0.3, -0.25) is 9.59 Å². The minimum absolute atomic E-state index is 0.0966. The Balaban J connectivity index is 0.000000351. The lowest BCUT2D eigenvalue weighted by molar-refractivity contribution is 0.0304. The van der Waals surface area contributed by atoms with Gasteiger partial charge in [0.15, 0.2) is 0 Å². The lowest BCUT2D eigenvalue weighted by atomic mass is 10.0. The summed E-state index contributed by atoms with van der Waals surface area (Å²) in [5.74, 6) is -0.0966. The molecule has 0 bridgehead atoms. The molecule has 0 radical (unpaired) electrons. The summed E-state index contributed by atoms with van der Waals surface area (Å²) in [6.45, 7) is 5.96. The van der Waals surface area contributed by atoms with Gasteiger partial charge in [0.05, 0.1) is 48.4 Å². The number of nitrogens with one attached hydrogen (secondary N) is 1. The number of nitrogens with zero attached hydrogens (tertiary/aromatic N) is 3. The number of rotatable bonds is 2. The van der Waals surface area contributed by atoms with E-state index in [1.807, 2.05) is 41.8 Å². The number of fused-ring (bicyclic) bond motifs is 3. The second kappa shape index (κ2) is 10.4. The lowest BCUT2D eigenvalue weighted by Gasteiger charge is -2.27. The van der Waals surface area contributed by atoms with Gasteiger partial charge in [-0.1, -0.05) is 30.3 Å². The molecule has 2 fully saturated rings. The largest absolute Gasteiger partial charge is 0.379 e. The zero-order valence-electron chi connectivity index (χ0n) is 18.7. The van der Waals surface area contributed by atoms with Crippen molar-refractivity contribution in [1.29, 1.82) is 0 Å². The van der Waals surface area contributed by atoms with Gasteiger partial charge >= 0.3 is 0 Å². The van der Waals surface area contributed by atoms with Crippen LogP contribution < -0.4 is 10.9 Å². The van der Waals surface area contributed by atoms with Gasteiger partial charge in [0.1, 0.15) is 0 Å². The predicted molar refractivity (Wildman–Crippen MR) is 133 cm³/mol. The third kappa shape index (κ3) is 4.60. The number of pyridine rings is 1. The van der Waals surface area contributed by atoms with E-state index in [1.165, 1.54) is 15.9 Å². The normalized spacial score (nSPS) is 16.3. The van der Waals surface area contributed by atoms with Crippen LogP contribution in [0.15, 0.2) is 58.8 Å². The first-order chi connectivity index (χ1) is 16.7. The maximum Gasteiger partial charge on any atom is 0.279 e. The first kappa shape index (κ1) is 22.7.